The summed E-state index contributed by atoms with van der Waals surface area (Å²) in [6.45, 7) is 5.19. The fourth-order valence-corrected chi connectivity index (χ4v) is 3.81. The van der Waals surface area contributed by atoms with E-state index in [1.807, 2.05) is 6.07 Å². The van der Waals surface area contributed by atoms with E-state index in [1.165, 1.54) is 24.4 Å². The Morgan fingerprint density at radius 3 is 2.32 bits per heavy atom. The smallest absolute Gasteiger partial charge is 0.220 e. The number of piperidine rings is 1. The second-order valence-corrected chi connectivity index (χ2v) is 7.37. The highest BCUT2D eigenvalue weighted by Crippen LogP contribution is 2.34. The van der Waals surface area contributed by atoms with Gasteiger partial charge in [0, 0.05) is 23.4 Å². The normalized spacial score (nSPS) is 13.6. The van der Waals surface area contributed by atoms with E-state index in [1.54, 1.807) is 0 Å². The molecule has 1 fully saturated rings. The van der Waals surface area contributed by atoms with E-state index in [0.29, 0.717) is 11.4 Å². The van der Waals surface area contributed by atoms with Crippen LogP contribution in [-0.4, -0.2) is 49.6 Å². The number of aromatic nitrogens is 4. The van der Waals surface area contributed by atoms with Crippen LogP contribution in [0, 0.1) is 5.82 Å². The van der Waals surface area contributed by atoms with Crippen molar-refractivity contribution in [3.05, 3.63) is 42.0 Å². The van der Waals surface area contributed by atoms with Gasteiger partial charge in [0.15, 0.2) is 11.6 Å². The third-order valence-electron chi connectivity index (χ3n) is 5.53. The molecule has 1 aliphatic heterocycles. The zero-order chi connectivity index (χ0) is 21.3. The number of nitrogens with two attached hydrogens (primary N) is 2. The highest BCUT2D eigenvalue weighted by Gasteiger charge is 2.23. The van der Waals surface area contributed by atoms with Crippen LogP contribution < -0.4 is 11.5 Å². The molecule has 188 valence electrons. The fraction of sp³-hybridized carbons (Fsp3) is 0.333. The van der Waals surface area contributed by atoms with Gasteiger partial charge in [-0.25, -0.2) is 24.3 Å². The summed E-state index contributed by atoms with van der Waals surface area (Å²) in [5, 5.41) is 10.4. The van der Waals surface area contributed by atoms with Gasteiger partial charge in [0.25, 0.3) is 0 Å². The van der Waals surface area contributed by atoms with Crippen molar-refractivity contribution >= 4 is 61.4 Å². The molecule has 4 rings (SSSR count). The van der Waals surface area contributed by atoms with Crippen LogP contribution in [0.2, 0.25) is 0 Å². The number of halogens is 5. The van der Waals surface area contributed by atoms with Crippen molar-refractivity contribution in [2.45, 2.75) is 25.7 Å². The van der Waals surface area contributed by atoms with Gasteiger partial charge in [-0.2, -0.15) is 0 Å². The highest BCUT2D eigenvalue weighted by molar-refractivity contribution is 5.86. The number of nitrogens with zero attached hydrogens (tertiary/aromatic N) is 5. The number of likely N-dealkylation sites (tertiary alicyclic amines) is 1. The van der Waals surface area contributed by atoms with Crippen molar-refractivity contribution in [3.8, 4) is 28.4 Å². The highest BCUT2D eigenvalue weighted by atomic mass is 35.5. The molecule has 1 aliphatic rings. The van der Waals surface area contributed by atoms with Crippen molar-refractivity contribution in [1.29, 1.82) is 0 Å². The molecular weight excluding hydrogens is 527 g/mol. The number of hydrogen-bond donors (Lipinski definition) is 3. The van der Waals surface area contributed by atoms with E-state index in [0.717, 1.165) is 38.2 Å². The third-order valence-corrected chi connectivity index (χ3v) is 5.53. The molecule has 0 aromatic carbocycles. The van der Waals surface area contributed by atoms with Gasteiger partial charge >= 0.3 is 0 Å². The number of rotatable bonds is 4. The van der Waals surface area contributed by atoms with Crippen molar-refractivity contribution in [1.82, 2.24) is 24.8 Å². The molecule has 0 unspecified atom stereocenters. The van der Waals surface area contributed by atoms with Crippen LogP contribution in [0.3, 0.4) is 0 Å². The fourth-order valence-electron chi connectivity index (χ4n) is 3.81. The number of pyridine rings is 2. The van der Waals surface area contributed by atoms with Crippen LogP contribution in [-0.2, 0) is 0 Å². The summed E-state index contributed by atoms with van der Waals surface area (Å²) in [4.78, 5) is 19.3. The lowest BCUT2D eigenvalue weighted by Gasteiger charge is -2.30. The summed E-state index contributed by atoms with van der Waals surface area (Å²) in [6, 6.07) is 6.26. The SMILES string of the molecule is CCN1CCC(c2cc(-c3nc(-c4ccnc(N)c4F)ccc3O)nc(N)n2)CC1.Cl.Cl.Cl.Cl. The molecule has 0 radical (unpaired) electrons. The Bertz CT molecular complexity index is 1080. The molecule has 5 N–H and O–H groups in total. The summed E-state index contributed by atoms with van der Waals surface area (Å²) in [5.74, 6) is -0.569. The lowest BCUT2D eigenvalue weighted by atomic mass is 9.92. The zero-order valence-corrected chi connectivity index (χ0v) is 21.6. The van der Waals surface area contributed by atoms with Gasteiger partial charge in [-0.15, -0.1) is 49.6 Å². The molecule has 34 heavy (non-hydrogen) atoms. The van der Waals surface area contributed by atoms with Gasteiger partial charge in [-0.3, -0.25) is 0 Å². The van der Waals surface area contributed by atoms with Crippen molar-refractivity contribution in [2.24, 2.45) is 0 Å². The Labute approximate surface area is 222 Å². The molecule has 0 atom stereocenters. The molecule has 13 heteroatoms. The quantitative estimate of drug-likeness (QED) is 0.430. The topological polar surface area (TPSA) is 127 Å². The van der Waals surface area contributed by atoms with Gasteiger partial charge in [0.1, 0.15) is 11.4 Å². The van der Waals surface area contributed by atoms with Gasteiger partial charge in [-0.05, 0) is 56.7 Å². The second kappa shape index (κ2) is 13.7. The average molecular weight is 555 g/mol. The Morgan fingerprint density at radius 2 is 1.68 bits per heavy atom. The van der Waals surface area contributed by atoms with Crippen molar-refractivity contribution in [2.75, 3.05) is 31.1 Å². The molecule has 0 spiro atoms. The molecular formula is C21H28Cl4FN7O. The first-order valence-corrected chi connectivity index (χ1v) is 9.93. The minimum Gasteiger partial charge on any atom is -0.506 e. The first kappa shape index (κ1) is 31.8. The van der Waals surface area contributed by atoms with E-state index >= 15 is 0 Å². The van der Waals surface area contributed by atoms with Crippen LogP contribution in [0.15, 0.2) is 30.5 Å². The standard InChI is InChI=1S/C21H24FN7O.4ClH/c1-2-29-9-6-12(7-10-29)15-11-16(28-21(24)27-15)19-17(30)4-3-14(26-19)13-5-8-25-20(23)18(13)22;;;;/h3-5,8,11-12,30H,2,6-7,9-10H2,1H3,(H2,23,25)(H2,24,27,28);4*1H. The van der Waals surface area contributed by atoms with Crippen LogP contribution >= 0.6 is 49.6 Å². The number of hydrogen-bond acceptors (Lipinski definition) is 8. The predicted octanol–water partition coefficient (Wildman–Crippen LogP) is 4.50. The molecule has 8 nitrogen and oxygen atoms in total. The van der Waals surface area contributed by atoms with Gasteiger partial charge in [0.2, 0.25) is 5.95 Å². The molecule has 0 saturated carbocycles. The predicted molar refractivity (Wildman–Crippen MR) is 142 cm³/mol. The molecule has 0 bridgehead atoms. The van der Waals surface area contributed by atoms with E-state index in [4.69, 9.17) is 11.5 Å². The second-order valence-electron chi connectivity index (χ2n) is 7.37. The molecule has 4 heterocycles. The lowest BCUT2D eigenvalue weighted by Crippen LogP contribution is -2.32. The minimum atomic E-state index is -0.660. The lowest BCUT2D eigenvalue weighted by molar-refractivity contribution is 0.221. The number of nitrogen functional groups attached to an aromatic ring is 2. The molecule has 0 aliphatic carbocycles. The van der Waals surface area contributed by atoms with Gasteiger partial charge in [0.05, 0.1) is 11.4 Å². The summed E-state index contributed by atoms with van der Waals surface area (Å²) in [5.41, 5.74) is 13.5. The van der Waals surface area contributed by atoms with Gasteiger partial charge in [-0.1, -0.05) is 6.92 Å². The van der Waals surface area contributed by atoms with Crippen molar-refractivity contribution in [3.63, 3.8) is 0 Å². The van der Waals surface area contributed by atoms with Crippen molar-refractivity contribution < 1.29 is 9.50 Å². The van der Waals surface area contributed by atoms with E-state index in [2.05, 4.69) is 31.8 Å². The first-order valence-electron chi connectivity index (χ1n) is 9.93. The van der Waals surface area contributed by atoms with E-state index in [-0.39, 0.29) is 84.3 Å². The van der Waals surface area contributed by atoms with Gasteiger partial charge < -0.3 is 21.5 Å². The third kappa shape index (κ3) is 6.70. The zero-order valence-electron chi connectivity index (χ0n) is 18.3. The van der Waals surface area contributed by atoms with Crippen LogP contribution in [0.4, 0.5) is 16.2 Å². The minimum absolute atomic E-state index is 0. The monoisotopic (exact) mass is 553 g/mol. The van der Waals surface area contributed by atoms with Crippen LogP contribution in [0.5, 0.6) is 5.75 Å². The maximum atomic E-state index is 14.4. The van der Waals surface area contributed by atoms with E-state index < -0.39 is 5.82 Å². The number of anilines is 2. The Morgan fingerprint density at radius 1 is 1.00 bits per heavy atom. The first-order chi connectivity index (χ1) is 14.5. The average Bonchev–Trinajstić information content (AvgIpc) is 2.76. The Hall–Kier alpha value is -2.17. The molecule has 3 aromatic rings. The largest absolute Gasteiger partial charge is 0.506 e. The maximum Gasteiger partial charge on any atom is 0.220 e. The molecule has 3 aromatic heterocycles. The Kier molecular flexibility index (Phi) is 12.8. The maximum absolute atomic E-state index is 14.4. The number of aromatic hydroxyl groups is 1. The van der Waals surface area contributed by atoms with E-state index in [9.17, 15) is 9.50 Å². The summed E-state index contributed by atoms with van der Waals surface area (Å²) in [6.07, 6.45) is 3.36. The Balaban J connectivity index is 0.00000272. The summed E-state index contributed by atoms with van der Waals surface area (Å²) in [7, 11) is 0. The summed E-state index contributed by atoms with van der Waals surface area (Å²) >= 11 is 0. The van der Waals surface area contributed by atoms with Crippen LogP contribution in [0.25, 0.3) is 22.6 Å². The molecule has 1 saturated heterocycles. The van der Waals surface area contributed by atoms with Crippen LogP contribution in [0.1, 0.15) is 31.4 Å². The molecule has 0 amide bonds. The summed E-state index contributed by atoms with van der Waals surface area (Å²) < 4.78 is 14.4.